The smallest absolute Gasteiger partial charge is 0.253 e. The quantitative estimate of drug-likeness (QED) is 0.634. The Kier molecular flexibility index (Phi) is 10.8. The van der Waals surface area contributed by atoms with Crippen LogP contribution >= 0.6 is 0 Å². The summed E-state index contributed by atoms with van der Waals surface area (Å²) in [5.74, 6) is -1.44. The van der Waals surface area contributed by atoms with Gasteiger partial charge in [-0.05, 0) is 61.4 Å². The summed E-state index contributed by atoms with van der Waals surface area (Å²) in [7, 11) is 0. The van der Waals surface area contributed by atoms with Crippen LogP contribution in [0.5, 0.6) is 0 Å². The molecule has 1 heterocycles. The van der Waals surface area contributed by atoms with E-state index in [0.717, 1.165) is 25.9 Å². The number of benzene rings is 2. The van der Waals surface area contributed by atoms with Crippen LogP contribution in [0.1, 0.15) is 92.8 Å². The standard InChI is InChI=1S/C18H26N2O2.C8H8N2O2/c19-17(21)15-9-11-16(12-10-15)18(22)20-13-7-5-3-1-2-4-6-8-14-20;9-7(11)5-1-2-6(4-3-5)8(10)12/h9-12H,1-8,13-14H2,(H2,19,21);1-4H,(H2,9,11)(H2,10,12). The molecule has 0 unspecified atom stereocenters. The lowest BCUT2D eigenvalue weighted by molar-refractivity contribution is 0.0749. The third-order valence-corrected chi connectivity index (χ3v) is 5.76. The zero-order valence-corrected chi connectivity index (χ0v) is 19.5. The van der Waals surface area contributed by atoms with E-state index in [-0.39, 0.29) is 5.91 Å². The van der Waals surface area contributed by atoms with E-state index in [0.29, 0.717) is 22.3 Å². The maximum atomic E-state index is 12.6. The van der Waals surface area contributed by atoms with E-state index in [9.17, 15) is 19.2 Å². The highest BCUT2D eigenvalue weighted by Crippen LogP contribution is 2.15. The first-order chi connectivity index (χ1) is 16.3. The second-order valence-corrected chi connectivity index (χ2v) is 8.37. The zero-order chi connectivity index (χ0) is 24.9. The van der Waals surface area contributed by atoms with Crippen molar-refractivity contribution in [3.8, 4) is 0 Å². The van der Waals surface area contributed by atoms with Crippen LogP contribution < -0.4 is 17.2 Å². The van der Waals surface area contributed by atoms with Crippen molar-refractivity contribution in [1.82, 2.24) is 4.90 Å². The highest BCUT2D eigenvalue weighted by atomic mass is 16.2. The van der Waals surface area contributed by atoms with Crippen molar-refractivity contribution in [3.05, 3.63) is 70.8 Å². The van der Waals surface area contributed by atoms with Gasteiger partial charge in [0.1, 0.15) is 0 Å². The predicted octanol–water partition coefficient (Wildman–Crippen LogP) is 3.25. The minimum Gasteiger partial charge on any atom is -0.366 e. The lowest BCUT2D eigenvalue weighted by atomic mass is 10.1. The molecule has 182 valence electrons. The molecule has 8 nitrogen and oxygen atoms in total. The van der Waals surface area contributed by atoms with E-state index in [2.05, 4.69) is 0 Å². The minimum absolute atomic E-state index is 0.0651. The number of primary amides is 3. The number of carbonyl (C=O) groups excluding carboxylic acids is 4. The number of amides is 4. The van der Waals surface area contributed by atoms with Gasteiger partial charge >= 0.3 is 0 Å². The normalized spacial score (nSPS) is 14.6. The Morgan fingerprint density at radius 2 is 0.735 bits per heavy atom. The molecule has 2 aromatic carbocycles. The fraction of sp³-hybridized carbons (Fsp3) is 0.385. The van der Waals surface area contributed by atoms with E-state index < -0.39 is 17.7 Å². The van der Waals surface area contributed by atoms with Crippen molar-refractivity contribution in [1.29, 1.82) is 0 Å². The van der Waals surface area contributed by atoms with Crippen LogP contribution in [0.3, 0.4) is 0 Å². The van der Waals surface area contributed by atoms with Gasteiger partial charge in [0.15, 0.2) is 0 Å². The molecular weight excluding hydrogens is 432 g/mol. The summed E-state index contributed by atoms with van der Waals surface area (Å²) in [5, 5.41) is 0. The maximum Gasteiger partial charge on any atom is 0.253 e. The molecule has 2 aromatic rings. The number of nitrogens with zero attached hydrogens (tertiary/aromatic N) is 1. The molecule has 1 aliphatic rings. The Bertz CT molecular complexity index is 926. The summed E-state index contributed by atoms with van der Waals surface area (Å²) in [4.78, 5) is 46.9. The molecule has 1 fully saturated rings. The van der Waals surface area contributed by atoms with Crippen molar-refractivity contribution in [3.63, 3.8) is 0 Å². The number of hydrogen-bond acceptors (Lipinski definition) is 4. The average Bonchev–Trinajstić information content (AvgIpc) is 2.90. The first-order valence-electron chi connectivity index (χ1n) is 11.7. The Balaban J connectivity index is 0.000000287. The molecular formula is C26H34N4O4. The van der Waals surface area contributed by atoms with Gasteiger partial charge in [-0.25, -0.2) is 0 Å². The first kappa shape index (κ1) is 26.6. The van der Waals surface area contributed by atoms with Crippen LogP contribution in [-0.2, 0) is 0 Å². The van der Waals surface area contributed by atoms with Crippen molar-refractivity contribution >= 4 is 23.6 Å². The molecule has 1 saturated heterocycles. The molecule has 0 bridgehead atoms. The highest BCUT2D eigenvalue weighted by molar-refractivity contribution is 5.97. The number of nitrogens with two attached hydrogens (primary N) is 3. The van der Waals surface area contributed by atoms with Gasteiger partial charge in [0.2, 0.25) is 17.7 Å². The van der Waals surface area contributed by atoms with Gasteiger partial charge in [-0.3, -0.25) is 19.2 Å². The second-order valence-electron chi connectivity index (χ2n) is 8.37. The van der Waals surface area contributed by atoms with E-state index in [4.69, 9.17) is 17.2 Å². The molecule has 0 aromatic heterocycles. The molecule has 1 aliphatic heterocycles. The predicted molar refractivity (Wildman–Crippen MR) is 131 cm³/mol. The Morgan fingerprint density at radius 1 is 0.471 bits per heavy atom. The number of hydrogen-bond donors (Lipinski definition) is 3. The fourth-order valence-corrected chi connectivity index (χ4v) is 3.74. The van der Waals surface area contributed by atoms with Crippen molar-refractivity contribution < 1.29 is 19.2 Å². The van der Waals surface area contributed by atoms with Gasteiger partial charge in [-0.2, -0.15) is 0 Å². The van der Waals surface area contributed by atoms with Crippen molar-refractivity contribution in [2.75, 3.05) is 13.1 Å². The van der Waals surface area contributed by atoms with E-state index in [1.807, 2.05) is 4.90 Å². The van der Waals surface area contributed by atoms with E-state index in [1.54, 1.807) is 24.3 Å². The lowest BCUT2D eigenvalue weighted by Crippen LogP contribution is -2.33. The third kappa shape index (κ3) is 8.69. The number of carbonyl (C=O) groups is 4. The van der Waals surface area contributed by atoms with Gasteiger partial charge in [-0.15, -0.1) is 0 Å². The molecule has 4 amide bonds. The summed E-state index contributed by atoms with van der Waals surface area (Å²) in [6, 6.07) is 12.5. The second kappa shape index (κ2) is 13.8. The molecule has 0 saturated carbocycles. The Labute approximate surface area is 200 Å². The van der Waals surface area contributed by atoms with E-state index in [1.165, 1.54) is 62.8 Å². The Hall–Kier alpha value is -3.68. The monoisotopic (exact) mass is 466 g/mol. The topological polar surface area (TPSA) is 150 Å². The van der Waals surface area contributed by atoms with Gasteiger partial charge in [-0.1, -0.05) is 38.5 Å². The average molecular weight is 467 g/mol. The van der Waals surface area contributed by atoms with Crippen LogP contribution in [0.2, 0.25) is 0 Å². The van der Waals surface area contributed by atoms with Crippen molar-refractivity contribution in [2.45, 2.75) is 51.4 Å². The van der Waals surface area contributed by atoms with Crippen LogP contribution in [0.4, 0.5) is 0 Å². The highest BCUT2D eigenvalue weighted by Gasteiger charge is 2.16. The molecule has 6 N–H and O–H groups in total. The minimum atomic E-state index is -0.522. The molecule has 0 atom stereocenters. The Morgan fingerprint density at radius 3 is 1.03 bits per heavy atom. The molecule has 0 radical (unpaired) electrons. The molecule has 0 spiro atoms. The van der Waals surface area contributed by atoms with Crippen LogP contribution in [0, 0.1) is 0 Å². The van der Waals surface area contributed by atoms with Crippen LogP contribution in [0.25, 0.3) is 0 Å². The van der Waals surface area contributed by atoms with Gasteiger partial charge in [0.05, 0.1) is 0 Å². The zero-order valence-electron chi connectivity index (χ0n) is 19.5. The summed E-state index contributed by atoms with van der Waals surface area (Å²) < 4.78 is 0. The van der Waals surface area contributed by atoms with Crippen LogP contribution in [-0.4, -0.2) is 41.6 Å². The molecule has 8 heteroatoms. The summed E-state index contributed by atoms with van der Waals surface area (Å²) in [6.07, 6.45) is 9.74. The molecule has 0 aliphatic carbocycles. The number of rotatable bonds is 4. The molecule has 34 heavy (non-hydrogen) atoms. The lowest BCUT2D eigenvalue weighted by Gasteiger charge is -2.22. The molecule has 3 rings (SSSR count). The summed E-state index contributed by atoms with van der Waals surface area (Å²) in [6.45, 7) is 1.66. The van der Waals surface area contributed by atoms with E-state index >= 15 is 0 Å². The van der Waals surface area contributed by atoms with Crippen LogP contribution in [0.15, 0.2) is 48.5 Å². The van der Waals surface area contributed by atoms with Gasteiger partial charge in [0.25, 0.3) is 5.91 Å². The SMILES string of the molecule is NC(=O)c1ccc(C(=O)N2CCCCCCCCCC2)cc1.NC(=O)c1ccc(C(N)=O)cc1. The first-order valence-corrected chi connectivity index (χ1v) is 11.7. The van der Waals surface area contributed by atoms with Gasteiger partial charge in [0, 0.05) is 35.3 Å². The van der Waals surface area contributed by atoms with Gasteiger partial charge < -0.3 is 22.1 Å². The summed E-state index contributed by atoms with van der Waals surface area (Å²) in [5.41, 5.74) is 17.0. The summed E-state index contributed by atoms with van der Waals surface area (Å²) >= 11 is 0. The fourth-order valence-electron chi connectivity index (χ4n) is 3.74. The maximum absolute atomic E-state index is 12.6. The third-order valence-electron chi connectivity index (χ3n) is 5.76. The van der Waals surface area contributed by atoms with Crippen molar-refractivity contribution in [2.24, 2.45) is 17.2 Å². The largest absolute Gasteiger partial charge is 0.366 e.